The van der Waals surface area contributed by atoms with Crippen molar-refractivity contribution < 1.29 is 0 Å². The molecule has 0 amide bonds. The second kappa shape index (κ2) is 3.29. The Morgan fingerprint density at radius 1 is 1.29 bits per heavy atom. The van der Waals surface area contributed by atoms with Crippen molar-refractivity contribution in [1.29, 1.82) is 0 Å². The highest BCUT2D eigenvalue weighted by Crippen LogP contribution is 2.44. The molecule has 0 spiro atoms. The first kappa shape index (κ1) is 9.59. The summed E-state index contributed by atoms with van der Waals surface area (Å²) < 4.78 is 2.36. The first-order chi connectivity index (χ1) is 8.33. The Balaban J connectivity index is 1.88. The van der Waals surface area contributed by atoms with Gasteiger partial charge in [0, 0.05) is 24.2 Å². The van der Waals surface area contributed by atoms with Crippen LogP contribution in [0.1, 0.15) is 43.5 Å². The number of imidazole rings is 1. The van der Waals surface area contributed by atoms with E-state index < -0.39 is 0 Å². The lowest BCUT2D eigenvalue weighted by molar-refractivity contribution is 0.265. The highest BCUT2D eigenvalue weighted by Gasteiger charge is 2.36. The van der Waals surface area contributed by atoms with E-state index in [9.17, 15) is 0 Å². The number of pyridine rings is 1. The van der Waals surface area contributed by atoms with Crippen LogP contribution in [0.25, 0.3) is 11.2 Å². The lowest BCUT2D eigenvalue weighted by Gasteiger charge is -2.34. The molecular formula is C13H16N4. The summed E-state index contributed by atoms with van der Waals surface area (Å²) in [5.41, 5.74) is 7.99. The Kier molecular flexibility index (Phi) is 1.86. The SMILES string of the molecule is NC1CC(n2c(C3CC3)nc3cccnc32)C1. The van der Waals surface area contributed by atoms with Gasteiger partial charge in [-0.3, -0.25) is 0 Å². The zero-order valence-corrected chi connectivity index (χ0v) is 9.71. The van der Waals surface area contributed by atoms with Crippen LogP contribution in [0.5, 0.6) is 0 Å². The average Bonchev–Trinajstić information content (AvgIpc) is 3.07. The maximum absolute atomic E-state index is 5.91. The minimum Gasteiger partial charge on any atom is -0.328 e. The third-order valence-corrected chi connectivity index (χ3v) is 3.93. The van der Waals surface area contributed by atoms with E-state index in [2.05, 4.69) is 15.6 Å². The van der Waals surface area contributed by atoms with Crippen molar-refractivity contribution in [3.05, 3.63) is 24.2 Å². The predicted molar refractivity (Wildman–Crippen MR) is 65.7 cm³/mol. The molecule has 0 aliphatic heterocycles. The van der Waals surface area contributed by atoms with Gasteiger partial charge in [-0.25, -0.2) is 9.97 Å². The standard InChI is InChI=1S/C13H16N4/c14-9-6-10(7-9)17-12(8-3-4-8)16-11-2-1-5-15-13(11)17/h1-2,5,8-10H,3-4,6-7,14H2. The van der Waals surface area contributed by atoms with Crippen LogP contribution in [0.4, 0.5) is 0 Å². The summed E-state index contributed by atoms with van der Waals surface area (Å²) in [5.74, 6) is 1.91. The molecule has 0 unspecified atom stereocenters. The summed E-state index contributed by atoms with van der Waals surface area (Å²) >= 11 is 0. The molecule has 4 heteroatoms. The molecule has 2 fully saturated rings. The minimum atomic E-state index is 0.369. The lowest BCUT2D eigenvalue weighted by atomic mass is 9.87. The van der Waals surface area contributed by atoms with Crippen LogP contribution < -0.4 is 5.73 Å². The molecule has 4 nitrogen and oxygen atoms in total. The summed E-state index contributed by atoms with van der Waals surface area (Å²) in [6.45, 7) is 0. The van der Waals surface area contributed by atoms with Gasteiger partial charge in [0.05, 0.1) is 0 Å². The van der Waals surface area contributed by atoms with Crippen LogP contribution in [-0.2, 0) is 0 Å². The van der Waals surface area contributed by atoms with E-state index in [0.29, 0.717) is 18.0 Å². The highest BCUT2D eigenvalue weighted by atomic mass is 15.2. The first-order valence-corrected chi connectivity index (χ1v) is 6.41. The summed E-state index contributed by atoms with van der Waals surface area (Å²) in [7, 11) is 0. The van der Waals surface area contributed by atoms with Crippen LogP contribution in [0.3, 0.4) is 0 Å². The molecule has 0 atom stereocenters. The molecule has 2 N–H and O–H groups in total. The first-order valence-electron chi connectivity index (χ1n) is 6.41. The summed E-state index contributed by atoms with van der Waals surface area (Å²) in [4.78, 5) is 9.26. The van der Waals surface area contributed by atoms with Gasteiger partial charge in [0.25, 0.3) is 0 Å². The van der Waals surface area contributed by atoms with E-state index in [1.165, 1.54) is 18.7 Å². The Morgan fingerprint density at radius 3 is 2.82 bits per heavy atom. The van der Waals surface area contributed by atoms with E-state index in [0.717, 1.165) is 24.0 Å². The van der Waals surface area contributed by atoms with Crippen molar-refractivity contribution in [2.45, 2.75) is 43.7 Å². The molecule has 0 saturated heterocycles. The zero-order chi connectivity index (χ0) is 11.4. The molecule has 4 rings (SSSR count). The van der Waals surface area contributed by atoms with Gasteiger partial charge in [0.15, 0.2) is 5.65 Å². The lowest BCUT2D eigenvalue weighted by Crippen LogP contribution is -2.38. The second-order valence-corrected chi connectivity index (χ2v) is 5.35. The van der Waals surface area contributed by atoms with Gasteiger partial charge in [0.1, 0.15) is 11.3 Å². The Hall–Kier alpha value is -1.42. The average molecular weight is 228 g/mol. The maximum atomic E-state index is 5.91. The van der Waals surface area contributed by atoms with Crippen molar-refractivity contribution in [3.8, 4) is 0 Å². The van der Waals surface area contributed by atoms with Gasteiger partial charge in [0.2, 0.25) is 0 Å². The minimum absolute atomic E-state index is 0.369. The predicted octanol–water partition coefficient (Wildman–Crippen LogP) is 1.97. The number of nitrogens with two attached hydrogens (primary N) is 1. The van der Waals surface area contributed by atoms with Crippen LogP contribution in [0.15, 0.2) is 18.3 Å². The fourth-order valence-corrected chi connectivity index (χ4v) is 2.78. The number of hydrogen-bond acceptors (Lipinski definition) is 3. The Bertz CT molecular complexity index is 564. The van der Waals surface area contributed by atoms with Crippen molar-refractivity contribution in [3.63, 3.8) is 0 Å². The fourth-order valence-electron chi connectivity index (χ4n) is 2.78. The smallest absolute Gasteiger partial charge is 0.160 e. The molecular weight excluding hydrogens is 212 g/mol. The molecule has 17 heavy (non-hydrogen) atoms. The monoisotopic (exact) mass is 228 g/mol. The fraction of sp³-hybridized carbons (Fsp3) is 0.538. The summed E-state index contributed by atoms with van der Waals surface area (Å²) in [5, 5.41) is 0. The van der Waals surface area contributed by atoms with Gasteiger partial charge < -0.3 is 10.3 Å². The van der Waals surface area contributed by atoms with E-state index >= 15 is 0 Å². The number of hydrogen-bond donors (Lipinski definition) is 1. The van der Waals surface area contributed by atoms with Crippen molar-refractivity contribution >= 4 is 11.2 Å². The number of nitrogens with zero attached hydrogens (tertiary/aromatic N) is 3. The van der Waals surface area contributed by atoms with E-state index in [-0.39, 0.29) is 0 Å². The van der Waals surface area contributed by atoms with Crippen LogP contribution in [-0.4, -0.2) is 20.6 Å². The third kappa shape index (κ3) is 1.40. The maximum Gasteiger partial charge on any atom is 0.160 e. The third-order valence-electron chi connectivity index (χ3n) is 3.93. The van der Waals surface area contributed by atoms with Crippen molar-refractivity contribution in [1.82, 2.24) is 14.5 Å². The molecule has 2 aromatic heterocycles. The molecule has 88 valence electrons. The van der Waals surface area contributed by atoms with Gasteiger partial charge >= 0.3 is 0 Å². The van der Waals surface area contributed by atoms with Crippen LogP contribution in [0, 0.1) is 0 Å². The van der Waals surface area contributed by atoms with Crippen molar-refractivity contribution in [2.24, 2.45) is 5.73 Å². The van der Waals surface area contributed by atoms with Gasteiger partial charge in [-0.2, -0.15) is 0 Å². The zero-order valence-electron chi connectivity index (χ0n) is 9.71. The van der Waals surface area contributed by atoms with Gasteiger partial charge in [-0.1, -0.05) is 0 Å². The van der Waals surface area contributed by atoms with Gasteiger partial charge in [-0.15, -0.1) is 0 Å². The van der Waals surface area contributed by atoms with Gasteiger partial charge in [-0.05, 0) is 37.8 Å². The van der Waals surface area contributed by atoms with E-state index in [4.69, 9.17) is 10.7 Å². The van der Waals surface area contributed by atoms with E-state index in [1.54, 1.807) is 0 Å². The Morgan fingerprint density at radius 2 is 2.12 bits per heavy atom. The quantitative estimate of drug-likeness (QED) is 0.855. The molecule has 2 aliphatic carbocycles. The molecule has 2 aromatic rings. The molecule has 0 bridgehead atoms. The number of rotatable bonds is 2. The van der Waals surface area contributed by atoms with Crippen molar-refractivity contribution in [2.75, 3.05) is 0 Å². The highest BCUT2D eigenvalue weighted by molar-refractivity contribution is 5.71. The molecule has 0 aromatic carbocycles. The van der Waals surface area contributed by atoms with E-state index in [1.807, 2.05) is 12.3 Å². The number of fused-ring (bicyclic) bond motifs is 1. The topological polar surface area (TPSA) is 56.7 Å². The Labute approximate surface area is 99.9 Å². The normalized spacial score (nSPS) is 28.3. The molecule has 2 saturated carbocycles. The van der Waals surface area contributed by atoms with Crippen LogP contribution in [0.2, 0.25) is 0 Å². The largest absolute Gasteiger partial charge is 0.328 e. The summed E-state index contributed by atoms with van der Waals surface area (Å²) in [6, 6.07) is 4.92. The molecule has 2 heterocycles. The van der Waals surface area contributed by atoms with Crippen LogP contribution >= 0.6 is 0 Å². The second-order valence-electron chi connectivity index (χ2n) is 5.35. The summed E-state index contributed by atoms with van der Waals surface area (Å²) in [6.07, 6.45) is 6.56. The molecule has 2 aliphatic rings. The number of aromatic nitrogens is 3. The molecule has 0 radical (unpaired) electrons.